The topological polar surface area (TPSA) is 48.1 Å². The van der Waals surface area contributed by atoms with Gasteiger partial charge in [0, 0.05) is 24.8 Å². The van der Waals surface area contributed by atoms with Crippen LogP contribution in [0.25, 0.3) is 0 Å². The average Bonchev–Trinajstić information content (AvgIpc) is 2.79. The minimum atomic E-state index is 0.409. The number of ether oxygens (including phenoxy) is 1. The number of rotatable bonds is 4. The van der Waals surface area contributed by atoms with Crippen molar-refractivity contribution in [1.82, 2.24) is 4.98 Å². The van der Waals surface area contributed by atoms with Gasteiger partial charge in [0.05, 0.1) is 16.8 Å². The van der Waals surface area contributed by atoms with Crippen molar-refractivity contribution in [2.75, 3.05) is 13.2 Å². The fourth-order valence-corrected chi connectivity index (χ4v) is 2.60. The molecule has 0 aliphatic carbocycles. The molecular formula is C10H16N2OS. The molecule has 4 heteroatoms. The molecule has 0 saturated carbocycles. The Bertz CT molecular complexity index is 281. The maximum Gasteiger partial charge on any atom is 0.0954 e. The van der Waals surface area contributed by atoms with E-state index in [0.29, 0.717) is 12.6 Å². The molecule has 0 aromatic carbocycles. The molecule has 0 bridgehead atoms. The van der Waals surface area contributed by atoms with E-state index in [0.717, 1.165) is 25.1 Å². The van der Waals surface area contributed by atoms with Gasteiger partial charge in [0.1, 0.15) is 0 Å². The van der Waals surface area contributed by atoms with Crippen molar-refractivity contribution < 1.29 is 4.74 Å². The van der Waals surface area contributed by atoms with Gasteiger partial charge in [-0.1, -0.05) is 0 Å². The van der Waals surface area contributed by atoms with Crippen LogP contribution in [0.5, 0.6) is 0 Å². The molecule has 1 fully saturated rings. The third kappa shape index (κ3) is 2.53. The van der Waals surface area contributed by atoms with Crippen LogP contribution in [0.2, 0.25) is 0 Å². The highest BCUT2D eigenvalue weighted by atomic mass is 32.1. The molecule has 2 N–H and O–H groups in total. The maximum atomic E-state index is 5.57. The molecule has 1 saturated heterocycles. The van der Waals surface area contributed by atoms with Crippen LogP contribution in [0.15, 0.2) is 5.38 Å². The number of thiazole rings is 1. The number of hydrogen-bond donors (Lipinski definition) is 1. The number of hydrogen-bond acceptors (Lipinski definition) is 4. The normalized spacial score (nSPS) is 21.6. The first kappa shape index (κ1) is 10.1. The largest absolute Gasteiger partial charge is 0.378 e. The minimum Gasteiger partial charge on any atom is -0.378 e. The fourth-order valence-electron chi connectivity index (χ4n) is 1.71. The van der Waals surface area contributed by atoms with E-state index in [1.165, 1.54) is 17.8 Å². The Morgan fingerprint density at radius 3 is 3.29 bits per heavy atom. The van der Waals surface area contributed by atoms with E-state index in [1.807, 2.05) is 0 Å². The van der Waals surface area contributed by atoms with Crippen LogP contribution in [0, 0.1) is 0 Å². The zero-order chi connectivity index (χ0) is 9.80. The monoisotopic (exact) mass is 212 g/mol. The van der Waals surface area contributed by atoms with Crippen LogP contribution in [0.4, 0.5) is 0 Å². The first-order valence-electron chi connectivity index (χ1n) is 5.13. The van der Waals surface area contributed by atoms with Gasteiger partial charge in [-0.05, 0) is 19.4 Å². The van der Waals surface area contributed by atoms with Crippen molar-refractivity contribution >= 4 is 11.3 Å². The van der Waals surface area contributed by atoms with Crippen LogP contribution >= 0.6 is 11.3 Å². The lowest BCUT2D eigenvalue weighted by atomic mass is 10.2. The molecule has 3 nitrogen and oxygen atoms in total. The molecule has 78 valence electrons. The molecule has 0 radical (unpaired) electrons. The van der Waals surface area contributed by atoms with Gasteiger partial charge < -0.3 is 10.5 Å². The van der Waals surface area contributed by atoms with Gasteiger partial charge in [-0.25, -0.2) is 4.98 Å². The molecule has 0 amide bonds. The van der Waals surface area contributed by atoms with Gasteiger partial charge in [0.15, 0.2) is 0 Å². The summed E-state index contributed by atoms with van der Waals surface area (Å²) < 4.78 is 5.57. The zero-order valence-corrected chi connectivity index (χ0v) is 9.05. The number of nitrogens with two attached hydrogens (primary N) is 1. The summed E-state index contributed by atoms with van der Waals surface area (Å²) in [7, 11) is 0. The molecule has 1 atom stereocenters. The molecule has 1 unspecified atom stereocenters. The second kappa shape index (κ2) is 4.87. The first-order chi connectivity index (χ1) is 6.88. The Morgan fingerprint density at radius 1 is 1.64 bits per heavy atom. The highest BCUT2D eigenvalue weighted by Gasteiger charge is 2.17. The Balaban J connectivity index is 1.88. The van der Waals surface area contributed by atoms with Crippen molar-refractivity contribution in [3.05, 3.63) is 16.1 Å². The van der Waals surface area contributed by atoms with Crippen LogP contribution in [-0.2, 0) is 17.6 Å². The van der Waals surface area contributed by atoms with E-state index in [-0.39, 0.29) is 0 Å². The minimum absolute atomic E-state index is 0.409. The van der Waals surface area contributed by atoms with Gasteiger partial charge in [-0.2, -0.15) is 0 Å². The molecule has 1 aromatic heterocycles. The standard InChI is InChI=1S/C10H16N2OS/c11-4-3-8-7-14-10(12-8)6-9-2-1-5-13-9/h7,9H,1-6,11H2. The molecule has 14 heavy (non-hydrogen) atoms. The predicted molar refractivity (Wildman–Crippen MR) is 57.6 cm³/mol. The highest BCUT2D eigenvalue weighted by molar-refractivity contribution is 7.09. The SMILES string of the molecule is NCCc1csc(CC2CCCO2)n1. The van der Waals surface area contributed by atoms with Crippen LogP contribution in [-0.4, -0.2) is 24.2 Å². The second-order valence-electron chi connectivity index (χ2n) is 3.61. The van der Waals surface area contributed by atoms with Gasteiger partial charge in [-0.15, -0.1) is 11.3 Å². The van der Waals surface area contributed by atoms with Crippen LogP contribution in [0.3, 0.4) is 0 Å². The van der Waals surface area contributed by atoms with Crippen LogP contribution in [0.1, 0.15) is 23.5 Å². The summed E-state index contributed by atoms with van der Waals surface area (Å²) in [4.78, 5) is 4.52. The molecule has 2 heterocycles. The first-order valence-corrected chi connectivity index (χ1v) is 6.01. The Hall–Kier alpha value is -0.450. The summed E-state index contributed by atoms with van der Waals surface area (Å²) in [5.41, 5.74) is 6.60. The Morgan fingerprint density at radius 2 is 2.57 bits per heavy atom. The van der Waals surface area contributed by atoms with Crippen molar-refractivity contribution in [3.63, 3.8) is 0 Å². The van der Waals surface area contributed by atoms with Crippen molar-refractivity contribution in [3.8, 4) is 0 Å². The smallest absolute Gasteiger partial charge is 0.0954 e. The predicted octanol–water partition coefficient (Wildman–Crippen LogP) is 1.37. The maximum absolute atomic E-state index is 5.57. The lowest BCUT2D eigenvalue weighted by Crippen LogP contribution is -2.09. The zero-order valence-electron chi connectivity index (χ0n) is 8.24. The van der Waals surface area contributed by atoms with Gasteiger partial charge >= 0.3 is 0 Å². The summed E-state index contributed by atoms with van der Waals surface area (Å²) >= 11 is 1.73. The summed E-state index contributed by atoms with van der Waals surface area (Å²) in [6, 6.07) is 0. The van der Waals surface area contributed by atoms with E-state index in [2.05, 4.69) is 10.4 Å². The van der Waals surface area contributed by atoms with E-state index in [1.54, 1.807) is 11.3 Å². The van der Waals surface area contributed by atoms with Crippen molar-refractivity contribution in [1.29, 1.82) is 0 Å². The fraction of sp³-hybridized carbons (Fsp3) is 0.700. The summed E-state index contributed by atoms with van der Waals surface area (Å²) in [5, 5.41) is 3.30. The van der Waals surface area contributed by atoms with E-state index < -0.39 is 0 Å². The van der Waals surface area contributed by atoms with E-state index in [9.17, 15) is 0 Å². The molecule has 1 aromatic rings. The van der Waals surface area contributed by atoms with Crippen LogP contribution < -0.4 is 5.73 Å². The van der Waals surface area contributed by atoms with Gasteiger partial charge in [0.2, 0.25) is 0 Å². The third-order valence-electron chi connectivity index (χ3n) is 2.43. The van der Waals surface area contributed by atoms with Crippen molar-refractivity contribution in [2.24, 2.45) is 5.73 Å². The molecule has 1 aliphatic heterocycles. The molecule has 1 aliphatic rings. The molecule has 2 rings (SSSR count). The van der Waals surface area contributed by atoms with Gasteiger partial charge in [-0.3, -0.25) is 0 Å². The van der Waals surface area contributed by atoms with E-state index in [4.69, 9.17) is 10.5 Å². The lowest BCUT2D eigenvalue weighted by Gasteiger charge is -2.05. The second-order valence-corrected chi connectivity index (χ2v) is 4.55. The summed E-state index contributed by atoms with van der Waals surface area (Å²) in [6.07, 6.45) is 4.67. The number of nitrogens with zero attached hydrogens (tertiary/aromatic N) is 1. The third-order valence-corrected chi connectivity index (χ3v) is 3.35. The number of aromatic nitrogens is 1. The summed E-state index contributed by atoms with van der Waals surface area (Å²) in [6.45, 7) is 1.61. The Labute approximate surface area is 88.3 Å². The highest BCUT2D eigenvalue weighted by Crippen LogP contribution is 2.19. The average molecular weight is 212 g/mol. The van der Waals surface area contributed by atoms with E-state index >= 15 is 0 Å². The summed E-state index contributed by atoms with van der Waals surface area (Å²) in [5.74, 6) is 0. The quantitative estimate of drug-likeness (QED) is 0.820. The Kier molecular flexibility index (Phi) is 3.50. The van der Waals surface area contributed by atoms with Gasteiger partial charge in [0.25, 0.3) is 0 Å². The van der Waals surface area contributed by atoms with Crippen molar-refractivity contribution in [2.45, 2.75) is 31.8 Å². The molecule has 0 spiro atoms. The lowest BCUT2D eigenvalue weighted by molar-refractivity contribution is 0.111. The molecular weight excluding hydrogens is 196 g/mol.